The molecule has 1 aromatic rings. The molecule has 1 heterocycles. The van der Waals surface area contributed by atoms with E-state index < -0.39 is 12.1 Å². The minimum absolute atomic E-state index is 0.141. The molecule has 2 N–H and O–H groups in total. The summed E-state index contributed by atoms with van der Waals surface area (Å²) in [6, 6.07) is 5.56. The van der Waals surface area contributed by atoms with Crippen molar-refractivity contribution in [1.29, 1.82) is 0 Å². The fraction of sp³-hybridized carbons (Fsp3) is 0.417. The molecule has 4 nitrogen and oxygen atoms in total. The maximum absolute atomic E-state index is 10.5. The van der Waals surface area contributed by atoms with E-state index in [1.165, 1.54) is 0 Å². The first-order valence-electron chi connectivity index (χ1n) is 5.32. The highest BCUT2D eigenvalue weighted by Gasteiger charge is 2.16. The van der Waals surface area contributed by atoms with Gasteiger partial charge in [-0.3, -0.25) is 0 Å². The normalized spacial score (nSPS) is 16.1. The lowest BCUT2D eigenvalue weighted by Gasteiger charge is -2.18. The third kappa shape index (κ3) is 2.33. The van der Waals surface area contributed by atoms with Crippen LogP contribution in [0.4, 0.5) is 0 Å². The number of carboxylic acid groups (broad SMARTS) is 1. The molecule has 0 saturated heterocycles. The minimum Gasteiger partial charge on any atom is -0.493 e. The van der Waals surface area contributed by atoms with Crippen molar-refractivity contribution in [2.75, 3.05) is 6.61 Å². The van der Waals surface area contributed by atoms with Gasteiger partial charge in [0.15, 0.2) is 6.10 Å². The molecule has 2 rings (SSSR count). The Balaban J connectivity index is 2.14. The Kier molecular flexibility index (Phi) is 3.10. The summed E-state index contributed by atoms with van der Waals surface area (Å²) in [5, 5.41) is 17.9. The van der Waals surface area contributed by atoms with Gasteiger partial charge in [0, 0.05) is 6.42 Å². The van der Waals surface area contributed by atoms with E-state index in [1.54, 1.807) is 6.07 Å². The highest BCUT2D eigenvalue weighted by Crippen LogP contribution is 2.25. The van der Waals surface area contributed by atoms with E-state index in [0.717, 1.165) is 36.3 Å². The molecule has 1 atom stereocenters. The van der Waals surface area contributed by atoms with Gasteiger partial charge in [0.1, 0.15) is 5.75 Å². The summed E-state index contributed by atoms with van der Waals surface area (Å²) in [7, 11) is 0. The second-order valence-electron chi connectivity index (χ2n) is 3.95. The van der Waals surface area contributed by atoms with E-state index in [1.807, 2.05) is 12.1 Å². The molecule has 0 radical (unpaired) electrons. The molecule has 1 unspecified atom stereocenters. The predicted octanol–water partition coefficient (Wildman–Crippen LogP) is 1.000. The molecule has 0 fully saturated rings. The van der Waals surface area contributed by atoms with Crippen LogP contribution in [0, 0.1) is 0 Å². The Hall–Kier alpha value is -1.55. The fourth-order valence-electron chi connectivity index (χ4n) is 1.85. The second-order valence-corrected chi connectivity index (χ2v) is 3.95. The number of carbonyl (C=O) groups is 1. The Morgan fingerprint density at radius 1 is 1.50 bits per heavy atom. The number of aliphatic carboxylic acids is 1. The number of ether oxygens (including phenoxy) is 1. The maximum Gasteiger partial charge on any atom is 0.332 e. The number of hydrogen-bond donors (Lipinski definition) is 2. The number of aliphatic hydroxyl groups excluding tert-OH is 1. The molecule has 86 valence electrons. The van der Waals surface area contributed by atoms with Gasteiger partial charge in [0.25, 0.3) is 0 Å². The monoisotopic (exact) mass is 222 g/mol. The lowest BCUT2D eigenvalue weighted by Crippen LogP contribution is -2.22. The molecule has 1 aliphatic rings. The molecule has 0 saturated carbocycles. The first-order valence-corrected chi connectivity index (χ1v) is 5.32. The Labute approximate surface area is 93.5 Å². The highest BCUT2D eigenvalue weighted by molar-refractivity contribution is 5.72. The Morgan fingerprint density at radius 3 is 3.06 bits per heavy atom. The zero-order chi connectivity index (χ0) is 11.5. The van der Waals surface area contributed by atoms with Gasteiger partial charge in [-0.25, -0.2) is 4.79 Å². The van der Waals surface area contributed by atoms with Gasteiger partial charge in [-0.15, -0.1) is 0 Å². The van der Waals surface area contributed by atoms with Gasteiger partial charge in [-0.1, -0.05) is 12.1 Å². The zero-order valence-electron chi connectivity index (χ0n) is 8.85. The van der Waals surface area contributed by atoms with E-state index in [9.17, 15) is 9.90 Å². The summed E-state index contributed by atoms with van der Waals surface area (Å²) in [4.78, 5) is 10.5. The van der Waals surface area contributed by atoms with Crippen LogP contribution in [0.25, 0.3) is 0 Å². The summed E-state index contributed by atoms with van der Waals surface area (Å²) in [6.45, 7) is 0.740. The number of rotatable bonds is 3. The number of aliphatic hydroxyl groups is 1. The third-order valence-electron chi connectivity index (χ3n) is 2.69. The fourth-order valence-corrected chi connectivity index (χ4v) is 1.85. The summed E-state index contributed by atoms with van der Waals surface area (Å²) in [5.41, 5.74) is 1.93. The van der Waals surface area contributed by atoms with Crippen molar-refractivity contribution in [3.8, 4) is 5.75 Å². The van der Waals surface area contributed by atoms with Crippen LogP contribution in [0.1, 0.15) is 17.5 Å². The first kappa shape index (κ1) is 11.0. The SMILES string of the molecule is O=C(O)C(O)Cc1ccc2c(c1)CCCO2. The van der Waals surface area contributed by atoms with Gasteiger partial charge in [0.05, 0.1) is 6.61 Å². The number of benzene rings is 1. The van der Waals surface area contributed by atoms with E-state index in [0.29, 0.717) is 0 Å². The van der Waals surface area contributed by atoms with Crippen molar-refractivity contribution in [3.05, 3.63) is 29.3 Å². The molecule has 0 aromatic heterocycles. The van der Waals surface area contributed by atoms with Crippen LogP contribution < -0.4 is 4.74 Å². The molecule has 0 bridgehead atoms. The molecule has 16 heavy (non-hydrogen) atoms. The van der Waals surface area contributed by atoms with Crippen LogP contribution in [-0.2, 0) is 17.6 Å². The maximum atomic E-state index is 10.5. The smallest absolute Gasteiger partial charge is 0.332 e. The Bertz CT molecular complexity index is 400. The van der Waals surface area contributed by atoms with E-state index >= 15 is 0 Å². The average Bonchev–Trinajstić information content (AvgIpc) is 2.28. The summed E-state index contributed by atoms with van der Waals surface area (Å²) >= 11 is 0. The molecule has 1 aliphatic heterocycles. The summed E-state index contributed by atoms with van der Waals surface area (Å²) < 4.78 is 5.45. The van der Waals surface area contributed by atoms with Crippen molar-refractivity contribution in [3.63, 3.8) is 0 Å². The van der Waals surface area contributed by atoms with Crippen molar-refractivity contribution in [1.82, 2.24) is 0 Å². The minimum atomic E-state index is -1.33. The van der Waals surface area contributed by atoms with Gasteiger partial charge >= 0.3 is 5.97 Å². The number of hydrogen-bond acceptors (Lipinski definition) is 3. The molecular weight excluding hydrogens is 208 g/mol. The van der Waals surface area contributed by atoms with Crippen molar-refractivity contribution in [2.24, 2.45) is 0 Å². The largest absolute Gasteiger partial charge is 0.493 e. The van der Waals surface area contributed by atoms with Crippen LogP contribution in [-0.4, -0.2) is 28.9 Å². The molecular formula is C12H14O4. The van der Waals surface area contributed by atoms with E-state index in [-0.39, 0.29) is 6.42 Å². The molecule has 0 amide bonds. The van der Waals surface area contributed by atoms with E-state index in [2.05, 4.69) is 0 Å². The van der Waals surface area contributed by atoms with Crippen LogP contribution in [0.15, 0.2) is 18.2 Å². The van der Waals surface area contributed by atoms with E-state index in [4.69, 9.17) is 9.84 Å². The lowest BCUT2D eigenvalue weighted by molar-refractivity contribution is -0.146. The number of fused-ring (bicyclic) bond motifs is 1. The van der Waals surface area contributed by atoms with Crippen LogP contribution in [0.3, 0.4) is 0 Å². The number of carboxylic acids is 1. The Morgan fingerprint density at radius 2 is 2.31 bits per heavy atom. The molecule has 4 heteroatoms. The topological polar surface area (TPSA) is 66.8 Å². The summed E-state index contributed by atoms with van der Waals surface area (Å²) in [5.74, 6) is -0.311. The lowest BCUT2D eigenvalue weighted by atomic mass is 10.0. The zero-order valence-corrected chi connectivity index (χ0v) is 8.85. The molecule has 1 aromatic carbocycles. The van der Waals surface area contributed by atoms with Crippen molar-refractivity contribution < 1.29 is 19.7 Å². The molecule has 0 aliphatic carbocycles. The van der Waals surface area contributed by atoms with Crippen molar-refractivity contribution >= 4 is 5.97 Å². The predicted molar refractivity (Wildman–Crippen MR) is 57.6 cm³/mol. The van der Waals surface area contributed by atoms with Crippen molar-refractivity contribution in [2.45, 2.75) is 25.4 Å². The quantitative estimate of drug-likeness (QED) is 0.800. The molecule has 0 spiro atoms. The van der Waals surface area contributed by atoms with Gasteiger partial charge in [0.2, 0.25) is 0 Å². The van der Waals surface area contributed by atoms with Gasteiger partial charge in [-0.05, 0) is 30.0 Å². The summed E-state index contributed by atoms with van der Waals surface area (Å²) in [6.07, 6.45) is 0.745. The second kappa shape index (κ2) is 4.53. The number of aryl methyl sites for hydroxylation is 1. The first-order chi connectivity index (χ1) is 7.66. The van der Waals surface area contributed by atoms with Crippen LogP contribution >= 0.6 is 0 Å². The van der Waals surface area contributed by atoms with Gasteiger partial charge in [-0.2, -0.15) is 0 Å². The van der Waals surface area contributed by atoms with Crippen LogP contribution in [0.2, 0.25) is 0 Å². The highest BCUT2D eigenvalue weighted by atomic mass is 16.5. The third-order valence-corrected chi connectivity index (χ3v) is 2.69. The average molecular weight is 222 g/mol. The standard InChI is InChI=1S/C12H14O4/c13-10(12(14)15)7-8-3-4-11-9(6-8)2-1-5-16-11/h3-4,6,10,13H,1-2,5,7H2,(H,14,15). The van der Waals surface area contributed by atoms with Gasteiger partial charge < -0.3 is 14.9 Å². The van der Waals surface area contributed by atoms with Crippen LogP contribution in [0.5, 0.6) is 5.75 Å².